The normalized spacial score (nSPS) is 14.2. The molecule has 1 amide bonds. The number of ether oxygens (including phenoxy) is 1. The quantitative estimate of drug-likeness (QED) is 0.753. The first-order valence-corrected chi connectivity index (χ1v) is 7.93. The summed E-state index contributed by atoms with van der Waals surface area (Å²) in [6.45, 7) is 2.92. The van der Waals surface area contributed by atoms with Gasteiger partial charge in [0.25, 0.3) is 11.5 Å². The Labute approximate surface area is 143 Å². The van der Waals surface area contributed by atoms with E-state index in [0.29, 0.717) is 18.8 Å². The highest BCUT2D eigenvalue weighted by Crippen LogP contribution is 2.16. The number of nitrogens with one attached hydrogen (secondary N) is 2. The standard InChI is InChI=1S/C17H18N4O4/c22-15(11-18-17(24)14-5-6-16(23)20-19-14)12-1-3-13(4-2-12)21-7-9-25-10-8-21/h1-6H,7-11H2,(H,18,24)(H,20,23). The molecule has 0 aliphatic carbocycles. The molecule has 130 valence electrons. The number of carbonyl (C=O) groups excluding carboxylic acids is 2. The molecule has 0 saturated carbocycles. The van der Waals surface area contributed by atoms with Crippen molar-refractivity contribution in [2.75, 3.05) is 37.7 Å². The minimum absolute atomic E-state index is 0.0510. The summed E-state index contributed by atoms with van der Waals surface area (Å²) in [5.41, 5.74) is 1.22. The van der Waals surface area contributed by atoms with E-state index in [1.54, 1.807) is 12.1 Å². The van der Waals surface area contributed by atoms with Gasteiger partial charge >= 0.3 is 0 Å². The lowest BCUT2D eigenvalue weighted by molar-refractivity contribution is 0.0900. The maximum atomic E-state index is 12.2. The Kier molecular flexibility index (Phi) is 5.20. The Hall–Kier alpha value is -3.00. The summed E-state index contributed by atoms with van der Waals surface area (Å²) in [5.74, 6) is -0.721. The van der Waals surface area contributed by atoms with Gasteiger partial charge in [0.15, 0.2) is 5.78 Å². The van der Waals surface area contributed by atoms with Gasteiger partial charge in [-0.05, 0) is 30.3 Å². The molecular formula is C17H18N4O4. The van der Waals surface area contributed by atoms with Crippen LogP contribution in [0.5, 0.6) is 0 Å². The molecule has 0 bridgehead atoms. The van der Waals surface area contributed by atoms with Crippen molar-refractivity contribution in [3.63, 3.8) is 0 Å². The van der Waals surface area contributed by atoms with Crippen LogP contribution in [0.2, 0.25) is 0 Å². The van der Waals surface area contributed by atoms with Crippen LogP contribution in [0.15, 0.2) is 41.2 Å². The first-order valence-electron chi connectivity index (χ1n) is 7.93. The monoisotopic (exact) mass is 342 g/mol. The molecule has 1 aliphatic rings. The molecule has 1 aromatic carbocycles. The van der Waals surface area contributed by atoms with Crippen molar-refractivity contribution < 1.29 is 14.3 Å². The van der Waals surface area contributed by atoms with E-state index in [1.807, 2.05) is 12.1 Å². The van der Waals surface area contributed by atoms with E-state index in [9.17, 15) is 14.4 Å². The van der Waals surface area contributed by atoms with Gasteiger partial charge in [-0.2, -0.15) is 5.10 Å². The lowest BCUT2D eigenvalue weighted by Gasteiger charge is -2.28. The Morgan fingerprint density at radius 3 is 2.48 bits per heavy atom. The third-order valence-corrected chi connectivity index (χ3v) is 3.89. The molecule has 2 aromatic rings. The van der Waals surface area contributed by atoms with Crippen molar-refractivity contribution in [1.29, 1.82) is 0 Å². The van der Waals surface area contributed by atoms with Crippen LogP contribution in [0.1, 0.15) is 20.8 Å². The molecule has 0 radical (unpaired) electrons. The highest BCUT2D eigenvalue weighted by molar-refractivity contribution is 6.01. The summed E-state index contributed by atoms with van der Waals surface area (Å²) < 4.78 is 5.32. The number of Topliss-reactive ketones (excluding diaryl/α,β-unsaturated/α-hetero) is 1. The number of benzene rings is 1. The molecule has 2 N–H and O–H groups in total. The number of anilines is 1. The summed E-state index contributed by atoms with van der Waals surface area (Å²) >= 11 is 0. The zero-order valence-corrected chi connectivity index (χ0v) is 13.5. The van der Waals surface area contributed by atoms with Crippen molar-refractivity contribution in [1.82, 2.24) is 15.5 Å². The predicted octanol–water partition coefficient (Wildman–Crippen LogP) is 0.219. The third-order valence-electron chi connectivity index (χ3n) is 3.89. The molecule has 8 nitrogen and oxygen atoms in total. The predicted molar refractivity (Wildman–Crippen MR) is 91.0 cm³/mol. The molecule has 2 heterocycles. The Balaban J connectivity index is 1.56. The van der Waals surface area contributed by atoms with E-state index in [2.05, 4.69) is 20.4 Å². The van der Waals surface area contributed by atoms with Gasteiger partial charge in [-0.1, -0.05) is 0 Å². The number of nitrogens with zero attached hydrogens (tertiary/aromatic N) is 2. The van der Waals surface area contributed by atoms with Gasteiger partial charge in [0, 0.05) is 30.4 Å². The number of morpholine rings is 1. The number of amides is 1. The number of aromatic nitrogens is 2. The molecule has 1 aliphatic heterocycles. The van der Waals surface area contributed by atoms with Crippen molar-refractivity contribution in [3.05, 3.63) is 58.0 Å². The van der Waals surface area contributed by atoms with Gasteiger partial charge in [0.1, 0.15) is 5.69 Å². The summed E-state index contributed by atoms with van der Waals surface area (Å²) in [6.07, 6.45) is 0. The largest absolute Gasteiger partial charge is 0.378 e. The number of rotatable bonds is 5. The average molecular weight is 342 g/mol. The number of H-pyrrole nitrogens is 1. The zero-order chi connectivity index (χ0) is 17.6. The lowest BCUT2D eigenvalue weighted by Crippen LogP contribution is -2.36. The molecule has 0 atom stereocenters. The molecule has 1 fully saturated rings. The van der Waals surface area contributed by atoms with Gasteiger partial charge < -0.3 is 15.0 Å². The smallest absolute Gasteiger partial charge is 0.272 e. The first-order chi connectivity index (χ1) is 12.1. The summed E-state index contributed by atoms with van der Waals surface area (Å²) in [5, 5.41) is 8.28. The van der Waals surface area contributed by atoms with E-state index in [0.717, 1.165) is 18.8 Å². The number of hydrogen-bond acceptors (Lipinski definition) is 6. The average Bonchev–Trinajstić information content (AvgIpc) is 2.67. The molecule has 0 unspecified atom stereocenters. The number of carbonyl (C=O) groups is 2. The second-order valence-corrected chi connectivity index (χ2v) is 5.56. The molecule has 1 aromatic heterocycles. The van der Waals surface area contributed by atoms with Crippen molar-refractivity contribution in [3.8, 4) is 0 Å². The topological polar surface area (TPSA) is 104 Å². The van der Waals surface area contributed by atoms with Crippen molar-refractivity contribution in [2.24, 2.45) is 0 Å². The van der Waals surface area contributed by atoms with Gasteiger partial charge in [0.2, 0.25) is 0 Å². The van der Waals surface area contributed by atoms with Crippen LogP contribution in [0.4, 0.5) is 5.69 Å². The van der Waals surface area contributed by atoms with E-state index < -0.39 is 11.5 Å². The van der Waals surface area contributed by atoms with Gasteiger partial charge in [-0.3, -0.25) is 14.4 Å². The van der Waals surface area contributed by atoms with Gasteiger partial charge in [0.05, 0.1) is 19.8 Å². The minimum Gasteiger partial charge on any atom is -0.378 e. The third kappa shape index (κ3) is 4.30. The SMILES string of the molecule is O=C(CNC(=O)c1ccc(=O)[nH]n1)c1ccc(N2CCOCC2)cc1. The maximum absolute atomic E-state index is 12.2. The minimum atomic E-state index is -0.519. The molecule has 3 rings (SSSR count). The fraction of sp³-hybridized carbons (Fsp3) is 0.294. The Morgan fingerprint density at radius 2 is 1.84 bits per heavy atom. The Morgan fingerprint density at radius 1 is 1.12 bits per heavy atom. The lowest BCUT2D eigenvalue weighted by atomic mass is 10.1. The van der Waals surface area contributed by atoms with Crippen LogP contribution in [0.3, 0.4) is 0 Å². The molecule has 0 spiro atoms. The zero-order valence-electron chi connectivity index (χ0n) is 13.5. The van der Waals surface area contributed by atoms with Crippen LogP contribution >= 0.6 is 0 Å². The van der Waals surface area contributed by atoms with E-state index in [4.69, 9.17) is 4.74 Å². The van der Waals surface area contributed by atoms with Crippen LogP contribution in [0.25, 0.3) is 0 Å². The highest BCUT2D eigenvalue weighted by Gasteiger charge is 2.13. The molecule has 8 heteroatoms. The highest BCUT2D eigenvalue weighted by atomic mass is 16.5. The van der Waals surface area contributed by atoms with Crippen molar-refractivity contribution >= 4 is 17.4 Å². The van der Waals surface area contributed by atoms with Gasteiger partial charge in [-0.25, -0.2) is 5.10 Å². The first kappa shape index (κ1) is 16.8. The fourth-order valence-electron chi connectivity index (χ4n) is 2.50. The van der Waals surface area contributed by atoms with Gasteiger partial charge in [-0.15, -0.1) is 0 Å². The second-order valence-electron chi connectivity index (χ2n) is 5.56. The number of aromatic amines is 1. The van der Waals surface area contributed by atoms with Crippen LogP contribution < -0.4 is 15.8 Å². The Bertz CT molecular complexity index is 790. The molecular weight excluding hydrogens is 324 g/mol. The van der Waals surface area contributed by atoms with E-state index in [-0.39, 0.29) is 18.0 Å². The molecule has 25 heavy (non-hydrogen) atoms. The number of hydrogen-bond donors (Lipinski definition) is 2. The van der Waals surface area contributed by atoms with Crippen LogP contribution in [-0.2, 0) is 4.74 Å². The summed E-state index contributed by atoms with van der Waals surface area (Å²) in [7, 11) is 0. The van der Waals surface area contributed by atoms with Crippen LogP contribution in [-0.4, -0.2) is 54.7 Å². The fourth-order valence-corrected chi connectivity index (χ4v) is 2.50. The summed E-state index contributed by atoms with van der Waals surface area (Å²) in [4.78, 5) is 37.2. The second kappa shape index (κ2) is 7.71. The maximum Gasteiger partial charge on any atom is 0.272 e. The van der Waals surface area contributed by atoms with Crippen LogP contribution in [0, 0.1) is 0 Å². The van der Waals surface area contributed by atoms with E-state index >= 15 is 0 Å². The van der Waals surface area contributed by atoms with E-state index in [1.165, 1.54) is 12.1 Å². The summed E-state index contributed by atoms with van der Waals surface area (Å²) in [6, 6.07) is 9.78. The number of ketones is 1. The molecule has 1 saturated heterocycles. The van der Waals surface area contributed by atoms with Crippen molar-refractivity contribution in [2.45, 2.75) is 0 Å².